The molecular formula is C18H22ClN3O3. The van der Waals surface area contributed by atoms with E-state index in [1.165, 1.54) is 11.6 Å². The van der Waals surface area contributed by atoms with Gasteiger partial charge >= 0.3 is 5.69 Å². The molecule has 0 N–H and O–H groups in total. The van der Waals surface area contributed by atoms with Gasteiger partial charge in [-0.15, -0.1) is 0 Å². The van der Waals surface area contributed by atoms with Gasteiger partial charge in [-0.25, -0.2) is 0 Å². The van der Waals surface area contributed by atoms with Crippen LogP contribution in [0.1, 0.15) is 31.2 Å². The Bertz CT molecular complexity index is 743. The van der Waals surface area contributed by atoms with Crippen LogP contribution in [-0.4, -0.2) is 53.7 Å². The van der Waals surface area contributed by atoms with Crippen LogP contribution in [0.25, 0.3) is 6.08 Å². The number of nitrogens with zero attached hydrogens (tertiary/aromatic N) is 3. The van der Waals surface area contributed by atoms with E-state index in [1.54, 1.807) is 6.07 Å². The minimum Gasteiger partial charge on any atom is -0.461 e. The molecule has 3 aliphatic rings. The summed E-state index contributed by atoms with van der Waals surface area (Å²) in [6.07, 6.45) is 6.12. The summed E-state index contributed by atoms with van der Waals surface area (Å²) in [4.78, 5) is 15.8. The van der Waals surface area contributed by atoms with E-state index in [4.69, 9.17) is 16.3 Å². The molecule has 7 heteroatoms. The highest BCUT2D eigenvalue weighted by Gasteiger charge is 2.48. The number of likely N-dealkylation sites (N-methyl/N-ethyl adjacent to an activating group) is 1. The Morgan fingerprint density at radius 1 is 1.24 bits per heavy atom. The molecule has 1 aromatic carbocycles. The number of nitro groups is 1. The Balaban J connectivity index is 1.80. The summed E-state index contributed by atoms with van der Waals surface area (Å²) in [5.41, 5.74) is 1.37. The molecule has 1 aromatic rings. The van der Waals surface area contributed by atoms with Crippen molar-refractivity contribution in [1.29, 1.82) is 0 Å². The lowest BCUT2D eigenvalue weighted by atomic mass is 9.81. The van der Waals surface area contributed by atoms with Gasteiger partial charge in [-0.1, -0.05) is 11.6 Å². The first-order chi connectivity index (χ1) is 12.0. The van der Waals surface area contributed by atoms with Crippen molar-refractivity contribution in [1.82, 2.24) is 9.80 Å². The van der Waals surface area contributed by atoms with Crippen molar-refractivity contribution in [2.24, 2.45) is 0 Å². The van der Waals surface area contributed by atoms with E-state index in [0.717, 1.165) is 57.4 Å². The number of nitro benzene ring substituents is 1. The molecule has 6 nitrogen and oxygen atoms in total. The van der Waals surface area contributed by atoms with Gasteiger partial charge in [0.25, 0.3) is 0 Å². The molecule has 0 radical (unpaired) electrons. The van der Waals surface area contributed by atoms with Gasteiger partial charge in [-0.05, 0) is 44.0 Å². The topological polar surface area (TPSA) is 58.9 Å². The molecule has 0 aromatic heterocycles. The maximum absolute atomic E-state index is 11.5. The molecule has 2 fully saturated rings. The van der Waals surface area contributed by atoms with Crippen LogP contribution in [0.2, 0.25) is 5.02 Å². The number of benzene rings is 1. The molecule has 4 rings (SSSR count). The second-order valence-electron chi connectivity index (χ2n) is 7.15. The maximum atomic E-state index is 11.5. The number of rotatable bonds is 2. The lowest BCUT2D eigenvalue weighted by Gasteiger charge is -2.51. The minimum absolute atomic E-state index is 0.0446. The summed E-state index contributed by atoms with van der Waals surface area (Å²) >= 11 is 6.10. The Morgan fingerprint density at radius 2 is 2.00 bits per heavy atom. The summed E-state index contributed by atoms with van der Waals surface area (Å²) < 4.78 is 6.48. The van der Waals surface area contributed by atoms with E-state index in [0.29, 0.717) is 10.8 Å². The van der Waals surface area contributed by atoms with Crippen LogP contribution in [0.4, 0.5) is 5.69 Å². The van der Waals surface area contributed by atoms with Crippen LogP contribution in [0.5, 0.6) is 5.75 Å². The van der Waals surface area contributed by atoms with Crippen molar-refractivity contribution in [3.05, 3.63) is 38.4 Å². The first-order valence-electron chi connectivity index (χ1n) is 8.81. The van der Waals surface area contributed by atoms with Crippen molar-refractivity contribution in [2.45, 2.75) is 31.4 Å². The van der Waals surface area contributed by atoms with Crippen molar-refractivity contribution in [3.8, 4) is 5.75 Å². The molecule has 1 aliphatic carbocycles. The van der Waals surface area contributed by atoms with Gasteiger partial charge < -0.3 is 9.64 Å². The number of hydrogen-bond donors (Lipinski definition) is 0. The van der Waals surface area contributed by atoms with E-state index < -0.39 is 10.6 Å². The fraction of sp³-hybridized carbons (Fsp3) is 0.556. The average molecular weight is 364 g/mol. The highest BCUT2D eigenvalue weighted by atomic mass is 35.5. The van der Waals surface area contributed by atoms with Crippen LogP contribution in [0, 0.1) is 10.1 Å². The van der Waals surface area contributed by atoms with Crippen molar-refractivity contribution < 1.29 is 9.66 Å². The lowest BCUT2D eigenvalue weighted by Crippen LogP contribution is -2.61. The monoisotopic (exact) mass is 363 g/mol. The molecule has 25 heavy (non-hydrogen) atoms. The molecule has 0 bridgehead atoms. The van der Waals surface area contributed by atoms with E-state index >= 15 is 0 Å². The van der Waals surface area contributed by atoms with E-state index in [-0.39, 0.29) is 5.69 Å². The molecule has 1 saturated heterocycles. The smallest absolute Gasteiger partial charge is 0.313 e. The molecular weight excluding hydrogens is 342 g/mol. The molecule has 2 heterocycles. The zero-order valence-corrected chi connectivity index (χ0v) is 15.1. The van der Waals surface area contributed by atoms with Crippen LogP contribution in [-0.2, 0) is 0 Å². The second kappa shape index (κ2) is 6.27. The largest absolute Gasteiger partial charge is 0.461 e. The fourth-order valence-electron chi connectivity index (χ4n) is 4.24. The van der Waals surface area contributed by atoms with E-state index in [9.17, 15) is 10.1 Å². The zero-order chi connectivity index (χ0) is 17.6. The van der Waals surface area contributed by atoms with Crippen molar-refractivity contribution in [2.75, 3.05) is 33.2 Å². The quantitative estimate of drug-likeness (QED) is 0.594. The van der Waals surface area contributed by atoms with Gasteiger partial charge in [0.1, 0.15) is 0 Å². The van der Waals surface area contributed by atoms with Gasteiger partial charge in [0.05, 0.1) is 4.92 Å². The van der Waals surface area contributed by atoms with Crippen molar-refractivity contribution >= 4 is 23.4 Å². The summed E-state index contributed by atoms with van der Waals surface area (Å²) in [5, 5.41) is 11.9. The zero-order valence-electron chi connectivity index (χ0n) is 14.3. The third kappa shape index (κ3) is 2.82. The van der Waals surface area contributed by atoms with Crippen LogP contribution in [0.15, 0.2) is 17.7 Å². The number of piperazine rings is 1. The molecule has 134 valence electrons. The van der Waals surface area contributed by atoms with Crippen LogP contribution < -0.4 is 4.74 Å². The fourth-order valence-corrected chi connectivity index (χ4v) is 4.46. The molecule has 2 aliphatic heterocycles. The third-order valence-electron chi connectivity index (χ3n) is 5.59. The predicted molar refractivity (Wildman–Crippen MR) is 97.0 cm³/mol. The molecule has 0 amide bonds. The summed E-state index contributed by atoms with van der Waals surface area (Å²) in [7, 11) is 2.12. The van der Waals surface area contributed by atoms with Gasteiger partial charge in [0.2, 0.25) is 5.75 Å². The molecule has 0 unspecified atom stereocenters. The van der Waals surface area contributed by atoms with Gasteiger partial charge in [-0.3, -0.25) is 15.0 Å². The predicted octanol–water partition coefficient (Wildman–Crippen LogP) is 3.54. The van der Waals surface area contributed by atoms with E-state index in [2.05, 4.69) is 22.9 Å². The summed E-state index contributed by atoms with van der Waals surface area (Å²) in [6, 6.07) is 3.15. The summed E-state index contributed by atoms with van der Waals surface area (Å²) in [6.45, 7) is 3.77. The standard InChI is InChI=1S/C18H22ClN3O3/c1-20-6-8-21(9-7-20)18-5-3-2-4-14(18)10-13-11-15(19)12-16(22(23)24)17(13)25-18/h10-12H,2-9H2,1H3/t18-/m0/s1. The maximum Gasteiger partial charge on any atom is 0.313 e. The van der Waals surface area contributed by atoms with Crippen LogP contribution in [0.3, 0.4) is 0 Å². The minimum atomic E-state index is -0.537. The number of hydrogen-bond acceptors (Lipinski definition) is 5. The average Bonchev–Trinajstić information content (AvgIpc) is 2.59. The number of fused-ring (bicyclic) bond motifs is 2. The van der Waals surface area contributed by atoms with Crippen molar-refractivity contribution in [3.63, 3.8) is 0 Å². The number of halogens is 1. The van der Waals surface area contributed by atoms with Gasteiger partial charge in [0, 0.05) is 49.3 Å². The lowest BCUT2D eigenvalue weighted by molar-refractivity contribution is -0.386. The van der Waals surface area contributed by atoms with Gasteiger partial charge in [-0.2, -0.15) is 0 Å². The molecule has 1 saturated carbocycles. The summed E-state index contributed by atoms with van der Waals surface area (Å²) in [5.74, 6) is 0.360. The molecule has 1 atom stereocenters. The van der Waals surface area contributed by atoms with Gasteiger partial charge in [0.15, 0.2) is 5.72 Å². The Kier molecular flexibility index (Phi) is 4.22. The SMILES string of the molecule is CN1CCN([C@]23CCCCC2=Cc2cc(Cl)cc([N+](=O)[O-])c2O3)CC1. The van der Waals surface area contributed by atoms with E-state index in [1.807, 2.05) is 0 Å². The highest BCUT2D eigenvalue weighted by Crippen LogP contribution is 2.49. The normalized spacial score (nSPS) is 27.0. The number of ether oxygens (including phenoxy) is 1. The first kappa shape index (κ1) is 16.8. The first-order valence-corrected chi connectivity index (χ1v) is 9.19. The molecule has 0 spiro atoms. The third-order valence-corrected chi connectivity index (χ3v) is 5.81. The Labute approximate surface area is 152 Å². The highest BCUT2D eigenvalue weighted by molar-refractivity contribution is 6.31. The van der Waals surface area contributed by atoms with Crippen LogP contribution >= 0.6 is 11.6 Å². The Morgan fingerprint density at radius 3 is 2.72 bits per heavy atom. The second-order valence-corrected chi connectivity index (χ2v) is 7.59. The Hall–Kier alpha value is -1.63.